The van der Waals surface area contributed by atoms with Gasteiger partial charge in [0.1, 0.15) is 0 Å². The molecule has 0 radical (unpaired) electrons. The second-order valence-electron chi connectivity index (χ2n) is 6.17. The standard InChI is InChI=1S/C17H28N2/c1-14-6-7-17(16(3)10-14)12-18-11-15(2)13-19-8-4-5-9-19/h6-7,10,15,18H,4-5,8-9,11-13H2,1-3H3. The molecule has 1 saturated heterocycles. The number of hydrogen-bond donors (Lipinski definition) is 1. The van der Waals surface area contributed by atoms with Crippen LogP contribution in [-0.2, 0) is 6.54 Å². The Morgan fingerprint density at radius 1 is 1.21 bits per heavy atom. The quantitative estimate of drug-likeness (QED) is 0.845. The van der Waals surface area contributed by atoms with Gasteiger partial charge in [0.15, 0.2) is 0 Å². The lowest BCUT2D eigenvalue weighted by atomic mass is 10.1. The van der Waals surface area contributed by atoms with Gasteiger partial charge in [-0.2, -0.15) is 0 Å². The molecule has 1 aliphatic rings. The van der Waals surface area contributed by atoms with E-state index in [0.717, 1.165) is 19.0 Å². The van der Waals surface area contributed by atoms with E-state index in [0.29, 0.717) is 0 Å². The number of hydrogen-bond acceptors (Lipinski definition) is 2. The zero-order valence-electron chi connectivity index (χ0n) is 12.7. The lowest BCUT2D eigenvalue weighted by Gasteiger charge is -2.20. The van der Waals surface area contributed by atoms with E-state index in [4.69, 9.17) is 0 Å². The highest BCUT2D eigenvalue weighted by atomic mass is 15.1. The van der Waals surface area contributed by atoms with Gasteiger partial charge in [0, 0.05) is 13.1 Å². The van der Waals surface area contributed by atoms with Crippen molar-refractivity contribution in [1.29, 1.82) is 0 Å². The summed E-state index contributed by atoms with van der Waals surface area (Å²) >= 11 is 0. The van der Waals surface area contributed by atoms with Gasteiger partial charge >= 0.3 is 0 Å². The van der Waals surface area contributed by atoms with Crippen LogP contribution in [0.1, 0.15) is 36.5 Å². The summed E-state index contributed by atoms with van der Waals surface area (Å²) in [4.78, 5) is 2.60. The van der Waals surface area contributed by atoms with Crippen LogP contribution in [0, 0.1) is 19.8 Å². The van der Waals surface area contributed by atoms with E-state index < -0.39 is 0 Å². The first kappa shape index (κ1) is 14.5. The molecular formula is C17H28N2. The van der Waals surface area contributed by atoms with Gasteiger partial charge in [0.05, 0.1) is 0 Å². The van der Waals surface area contributed by atoms with E-state index in [1.54, 1.807) is 0 Å². The normalized spacial score (nSPS) is 17.8. The van der Waals surface area contributed by atoms with Gasteiger partial charge in [0.2, 0.25) is 0 Å². The van der Waals surface area contributed by atoms with Crippen LogP contribution in [0.15, 0.2) is 18.2 Å². The van der Waals surface area contributed by atoms with Crippen molar-refractivity contribution in [3.05, 3.63) is 34.9 Å². The second kappa shape index (κ2) is 7.06. The number of likely N-dealkylation sites (tertiary alicyclic amines) is 1. The molecule has 1 aliphatic heterocycles. The molecule has 1 unspecified atom stereocenters. The van der Waals surface area contributed by atoms with E-state index in [1.165, 1.54) is 49.2 Å². The largest absolute Gasteiger partial charge is 0.312 e. The van der Waals surface area contributed by atoms with E-state index in [-0.39, 0.29) is 0 Å². The van der Waals surface area contributed by atoms with Gasteiger partial charge in [-0.15, -0.1) is 0 Å². The van der Waals surface area contributed by atoms with Crippen LogP contribution in [-0.4, -0.2) is 31.1 Å². The number of nitrogens with one attached hydrogen (secondary N) is 1. The first-order valence-corrected chi connectivity index (χ1v) is 7.64. The molecule has 2 heteroatoms. The van der Waals surface area contributed by atoms with Crippen LogP contribution in [0.2, 0.25) is 0 Å². The monoisotopic (exact) mass is 260 g/mol. The summed E-state index contributed by atoms with van der Waals surface area (Å²) in [5.74, 6) is 0.740. The van der Waals surface area contributed by atoms with E-state index in [1.807, 2.05) is 0 Å². The lowest BCUT2D eigenvalue weighted by Crippen LogP contribution is -2.31. The molecule has 1 aromatic rings. The minimum atomic E-state index is 0.740. The van der Waals surface area contributed by atoms with Crippen LogP contribution in [0.25, 0.3) is 0 Å². The van der Waals surface area contributed by atoms with E-state index >= 15 is 0 Å². The maximum Gasteiger partial charge on any atom is 0.0208 e. The van der Waals surface area contributed by atoms with Crippen molar-refractivity contribution in [2.75, 3.05) is 26.2 Å². The zero-order chi connectivity index (χ0) is 13.7. The van der Waals surface area contributed by atoms with Gasteiger partial charge in [-0.1, -0.05) is 30.7 Å². The van der Waals surface area contributed by atoms with Crippen LogP contribution in [0.5, 0.6) is 0 Å². The van der Waals surface area contributed by atoms with Crippen LogP contribution in [0.3, 0.4) is 0 Å². The summed E-state index contributed by atoms with van der Waals surface area (Å²) in [6.45, 7) is 12.7. The van der Waals surface area contributed by atoms with Gasteiger partial charge in [-0.3, -0.25) is 0 Å². The predicted molar refractivity (Wildman–Crippen MR) is 82.5 cm³/mol. The van der Waals surface area contributed by atoms with Gasteiger partial charge in [-0.25, -0.2) is 0 Å². The van der Waals surface area contributed by atoms with Crippen LogP contribution in [0.4, 0.5) is 0 Å². The summed E-state index contributed by atoms with van der Waals surface area (Å²) < 4.78 is 0. The summed E-state index contributed by atoms with van der Waals surface area (Å²) in [6.07, 6.45) is 2.78. The van der Waals surface area contributed by atoms with E-state index in [2.05, 4.69) is 49.2 Å². The highest BCUT2D eigenvalue weighted by Crippen LogP contribution is 2.11. The van der Waals surface area contributed by atoms with Gasteiger partial charge < -0.3 is 10.2 Å². The van der Waals surface area contributed by atoms with E-state index in [9.17, 15) is 0 Å². The summed E-state index contributed by atoms with van der Waals surface area (Å²) in [6, 6.07) is 6.73. The third kappa shape index (κ3) is 4.63. The molecule has 2 nitrogen and oxygen atoms in total. The fourth-order valence-electron chi connectivity index (χ4n) is 2.97. The number of aryl methyl sites for hydroxylation is 2. The molecule has 1 atom stereocenters. The molecule has 1 N–H and O–H groups in total. The molecule has 2 rings (SSSR count). The van der Waals surface area contributed by atoms with Crippen molar-refractivity contribution in [2.45, 2.75) is 40.2 Å². The molecule has 19 heavy (non-hydrogen) atoms. The molecule has 106 valence electrons. The first-order chi connectivity index (χ1) is 9.15. The molecule has 0 saturated carbocycles. The summed E-state index contributed by atoms with van der Waals surface area (Å²) in [5, 5.41) is 3.61. The molecule has 1 fully saturated rings. The second-order valence-corrected chi connectivity index (χ2v) is 6.17. The van der Waals surface area contributed by atoms with Crippen molar-refractivity contribution in [3.63, 3.8) is 0 Å². The topological polar surface area (TPSA) is 15.3 Å². The molecule has 0 amide bonds. The third-order valence-electron chi connectivity index (χ3n) is 4.07. The maximum absolute atomic E-state index is 3.61. The first-order valence-electron chi connectivity index (χ1n) is 7.64. The Hall–Kier alpha value is -0.860. The average Bonchev–Trinajstić information content (AvgIpc) is 2.84. The van der Waals surface area contributed by atoms with Crippen LogP contribution >= 0.6 is 0 Å². The Morgan fingerprint density at radius 3 is 2.63 bits per heavy atom. The Labute approximate surface area is 118 Å². The molecule has 0 spiro atoms. The van der Waals surface area contributed by atoms with Gasteiger partial charge in [-0.05, 0) is 63.4 Å². The minimum absolute atomic E-state index is 0.740. The summed E-state index contributed by atoms with van der Waals surface area (Å²) in [5.41, 5.74) is 4.18. The van der Waals surface area contributed by atoms with Crippen molar-refractivity contribution >= 4 is 0 Å². The minimum Gasteiger partial charge on any atom is -0.312 e. The fraction of sp³-hybridized carbons (Fsp3) is 0.647. The number of benzene rings is 1. The Kier molecular flexibility index (Phi) is 5.41. The highest BCUT2D eigenvalue weighted by molar-refractivity contribution is 5.30. The fourth-order valence-corrected chi connectivity index (χ4v) is 2.97. The molecule has 1 heterocycles. The average molecular weight is 260 g/mol. The van der Waals surface area contributed by atoms with Crippen molar-refractivity contribution in [1.82, 2.24) is 10.2 Å². The van der Waals surface area contributed by atoms with Crippen molar-refractivity contribution in [3.8, 4) is 0 Å². The Balaban J connectivity index is 1.70. The molecule has 0 bridgehead atoms. The molecule has 0 aliphatic carbocycles. The third-order valence-corrected chi connectivity index (χ3v) is 4.07. The van der Waals surface area contributed by atoms with Crippen molar-refractivity contribution in [2.24, 2.45) is 5.92 Å². The van der Waals surface area contributed by atoms with Crippen LogP contribution < -0.4 is 5.32 Å². The Morgan fingerprint density at radius 2 is 1.95 bits per heavy atom. The highest BCUT2D eigenvalue weighted by Gasteiger charge is 2.14. The number of rotatable bonds is 6. The van der Waals surface area contributed by atoms with Gasteiger partial charge in [0.25, 0.3) is 0 Å². The molecular weight excluding hydrogens is 232 g/mol. The summed E-state index contributed by atoms with van der Waals surface area (Å²) in [7, 11) is 0. The van der Waals surface area contributed by atoms with Crippen molar-refractivity contribution < 1.29 is 0 Å². The predicted octanol–water partition coefficient (Wildman–Crippen LogP) is 3.12. The number of nitrogens with zero attached hydrogens (tertiary/aromatic N) is 1. The molecule has 0 aromatic heterocycles. The maximum atomic E-state index is 3.61. The zero-order valence-corrected chi connectivity index (χ0v) is 12.7. The SMILES string of the molecule is Cc1ccc(CNCC(C)CN2CCCC2)c(C)c1. The smallest absolute Gasteiger partial charge is 0.0208 e. The Bertz CT molecular complexity index is 394. The lowest BCUT2D eigenvalue weighted by molar-refractivity contribution is 0.282. The molecule has 1 aromatic carbocycles.